The summed E-state index contributed by atoms with van der Waals surface area (Å²) in [6, 6.07) is 9.69. The van der Waals surface area contributed by atoms with Gasteiger partial charge in [0, 0.05) is 13.0 Å². The number of ether oxygens (including phenoxy) is 1. The van der Waals surface area contributed by atoms with E-state index in [0.717, 1.165) is 18.4 Å². The van der Waals surface area contributed by atoms with Crippen LogP contribution in [0, 0.1) is 11.8 Å². The first-order valence-corrected chi connectivity index (χ1v) is 6.08. The summed E-state index contributed by atoms with van der Waals surface area (Å²) < 4.78 is 5.20. The maximum absolute atomic E-state index is 11.5. The van der Waals surface area contributed by atoms with Gasteiger partial charge in [-0.05, 0) is 30.2 Å². The standard InChI is InChI=1S/C14H18O3/c15-9-13-6-12(7-13)8-14(16)17-10-11-4-2-1-3-5-11/h1-5,12-13,15H,6-10H2. The van der Waals surface area contributed by atoms with Crippen molar-refractivity contribution in [3.8, 4) is 0 Å². The number of aliphatic hydroxyl groups excluding tert-OH is 1. The van der Waals surface area contributed by atoms with Crippen LogP contribution in [-0.4, -0.2) is 17.7 Å². The molecule has 0 heterocycles. The maximum Gasteiger partial charge on any atom is 0.306 e. The Labute approximate surface area is 101 Å². The van der Waals surface area contributed by atoms with E-state index in [9.17, 15) is 4.79 Å². The third-order valence-corrected chi connectivity index (χ3v) is 3.29. The monoisotopic (exact) mass is 234 g/mol. The first kappa shape index (κ1) is 12.1. The van der Waals surface area contributed by atoms with Gasteiger partial charge < -0.3 is 9.84 Å². The molecule has 0 radical (unpaired) electrons. The minimum Gasteiger partial charge on any atom is -0.461 e. The molecule has 0 aromatic heterocycles. The lowest BCUT2D eigenvalue weighted by atomic mass is 9.74. The lowest BCUT2D eigenvalue weighted by Crippen LogP contribution is -2.28. The number of rotatable bonds is 5. The Hall–Kier alpha value is -1.35. The second-order valence-corrected chi connectivity index (χ2v) is 4.74. The normalized spacial score (nSPS) is 22.9. The summed E-state index contributed by atoms with van der Waals surface area (Å²) in [6.45, 7) is 0.603. The quantitative estimate of drug-likeness (QED) is 0.794. The highest BCUT2D eigenvalue weighted by atomic mass is 16.5. The van der Waals surface area contributed by atoms with E-state index in [0.29, 0.717) is 24.9 Å². The topological polar surface area (TPSA) is 46.5 Å². The van der Waals surface area contributed by atoms with E-state index in [1.54, 1.807) is 0 Å². The van der Waals surface area contributed by atoms with Gasteiger partial charge in [0.05, 0.1) is 0 Å². The maximum atomic E-state index is 11.5. The zero-order chi connectivity index (χ0) is 12.1. The molecule has 0 spiro atoms. The average molecular weight is 234 g/mol. The van der Waals surface area contributed by atoms with Crippen molar-refractivity contribution in [3.05, 3.63) is 35.9 Å². The van der Waals surface area contributed by atoms with Crippen molar-refractivity contribution in [2.45, 2.75) is 25.9 Å². The summed E-state index contributed by atoms with van der Waals surface area (Å²) in [5.74, 6) is 0.688. The molecule has 1 saturated carbocycles. The van der Waals surface area contributed by atoms with Gasteiger partial charge >= 0.3 is 5.97 Å². The second kappa shape index (κ2) is 5.82. The first-order valence-electron chi connectivity index (χ1n) is 6.08. The molecular formula is C14H18O3. The van der Waals surface area contributed by atoms with Gasteiger partial charge in [0.25, 0.3) is 0 Å². The summed E-state index contributed by atoms with van der Waals surface area (Å²) in [5.41, 5.74) is 1.02. The number of hydrogen-bond donors (Lipinski definition) is 1. The predicted molar refractivity (Wildman–Crippen MR) is 64.2 cm³/mol. The number of carbonyl (C=O) groups is 1. The molecule has 1 aromatic rings. The van der Waals surface area contributed by atoms with Crippen LogP contribution in [0.15, 0.2) is 30.3 Å². The Morgan fingerprint density at radius 1 is 1.24 bits per heavy atom. The van der Waals surface area contributed by atoms with Crippen LogP contribution in [0.5, 0.6) is 0 Å². The van der Waals surface area contributed by atoms with Crippen molar-refractivity contribution in [3.63, 3.8) is 0 Å². The zero-order valence-electron chi connectivity index (χ0n) is 9.84. The largest absolute Gasteiger partial charge is 0.461 e. The van der Waals surface area contributed by atoms with E-state index < -0.39 is 0 Å². The Kier molecular flexibility index (Phi) is 4.15. The lowest BCUT2D eigenvalue weighted by molar-refractivity contribution is -0.147. The van der Waals surface area contributed by atoms with E-state index >= 15 is 0 Å². The molecule has 92 valence electrons. The van der Waals surface area contributed by atoms with E-state index in [4.69, 9.17) is 9.84 Å². The van der Waals surface area contributed by atoms with E-state index in [1.807, 2.05) is 30.3 Å². The Bertz CT molecular complexity index is 355. The van der Waals surface area contributed by atoms with E-state index in [2.05, 4.69) is 0 Å². The molecule has 0 saturated heterocycles. The Balaban J connectivity index is 1.65. The van der Waals surface area contributed by atoms with Gasteiger partial charge in [0.15, 0.2) is 0 Å². The van der Waals surface area contributed by atoms with Gasteiger partial charge in [0.1, 0.15) is 6.61 Å². The molecule has 0 atom stereocenters. The van der Waals surface area contributed by atoms with Crippen LogP contribution in [0.4, 0.5) is 0 Å². The lowest BCUT2D eigenvalue weighted by Gasteiger charge is -2.33. The highest BCUT2D eigenvalue weighted by Gasteiger charge is 2.30. The fourth-order valence-corrected chi connectivity index (χ4v) is 2.22. The number of esters is 1. The average Bonchev–Trinajstić information content (AvgIpc) is 2.32. The fraction of sp³-hybridized carbons (Fsp3) is 0.500. The highest BCUT2D eigenvalue weighted by Crippen LogP contribution is 2.35. The van der Waals surface area contributed by atoms with E-state index in [-0.39, 0.29) is 12.6 Å². The van der Waals surface area contributed by atoms with Crippen LogP contribution in [-0.2, 0) is 16.1 Å². The van der Waals surface area contributed by atoms with Crippen molar-refractivity contribution < 1.29 is 14.6 Å². The van der Waals surface area contributed by atoms with Crippen molar-refractivity contribution in [2.24, 2.45) is 11.8 Å². The fourth-order valence-electron chi connectivity index (χ4n) is 2.22. The molecule has 1 aliphatic carbocycles. The Morgan fingerprint density at radius 3 is 2.59 bits per heavy atom. The van der Waals surface area contributed by atoms with Gasteiger partial charge in [-0.2, -0.15) is 0 Å². The first-order chi connectivity index (χ1) is 8.28. The molecule has 2 rings (SSSR count). The summed E-state index contributed by atoms with van der Waals surface area (Å²) in [4.78, 5) is 11.5. The number of benzene rings is 1. The number of aliphatic hydroxyl groups is 1. The highest BCUT2D eigenvalue weighted by molar-refractivity contribution is 5.69. The number of hydrogen-bond acceptors (Lipinski definition) is 3. The zero-order valence-corrected chi connectivity index (χ0v) is 9.84. The molecule has 0 unspecified atom stereocenters. The smallest absolute Gasteiger partial charge is 0.306 e. The van der Waals surface area contributed by atoms with Gasteiger partial charge in [-0.25, -0.2) is 0 Å². The molecule has 0 amide bonds. The Morgan fingerprint density at radius 2 is 1.94 bits per heavy atom. The molecule has 1 fully saturated rings. The van der Waals surface area contributed by atoms with Gasteiger partial charge in [0.2, 0.25) is 0 Å². The summed E-state index contributed by atoms with van der Waals surface area (Å²) >= 11 is 0. The number of carbonyl (C=O) groups excluding carboxylic acids is 1. The van der Waals surface area contributed by atoms with Gasteiger partial charge in [-0.3, -0.25) is 4.79 Å². The molecule has 1 N–H and O–H groups in total. The minimum atomic E-state index is -0.129. The van der Waals surface area contributed by atoms with Crippen LogP contribution < -0.4 is 0 Å². The van der Waals surface area contributed by atoms with Crippen LogP contribution in [0.1, 0.15) is 24.8 Å². The van der Waals surface area contributed by atoms with Crippen LogP contribution >= 0.6 is 0 Å². The second-order valence-electron chi connectivity index (χ2n) is 4.74. The van der Waals surface area contributed by atoms with Gasteiger partial charge in [-0.1, -0.05) is 30.3 Å². The summed E-state index contributed by atoms with van der Waals surface area (Å²) in [6.07, 6.45) is 2.40. The van der Waals surface area contributed by atoms with Crippen LogP contribution in [0.25, 0.3) is 0 Å². The molecule has 3 nitrogen and oxygen atoms in total. The SMILES string of the molecule is O=C(CC1CC(CO)C1)OCc1ccccc1. The summed E-state index contributed by atoms with van der Waals surface area (Å²) in [7, 11) is 0. The minimum absolute atomic E-state index is 0.129. The van der Waals surface area contributed by atoms with Crippen molar-refractivity contribution in [1.29, 1.82) is 0 Å². The molecule has 3 heteroatoms. The molecule has 1 aromatic carbocycles. The van der Waals surface area contributed by atoms with Gasteiger partial charge in [-0.15, -0.1) is 0 Å². The van der Waals surface area contributed by atoms with Crippen molar-refractivity contribution >= 4 is 5.97 Å². The molecule has 0 aliphatic heterocycles. The van der Waals surface area contributed by atoms with Crippen molar-refractivity contribution in [2.75, 3.05) is 6.61 Å². The predicted octanol–water partition coefficient (Wildman–Crippen LogP) is 2.14. The molecule has 0 bridgehead atoms. The van der Waals surface area contributed by atoms with E-state index in [1.165, 1.54) is 0 Å². The van der Waals surface area contributed by atoms with Crippen LogP contribution in [0.2, 0.25) is 0 Å². The molecule has 1 aliphatic rings. The van der Waals surface area contributed by atoms with Crippen LogP contribution in [0.3, 0.4) is 0 Å². The third-order valence-electron chi connectivity index (χ3n) is 3.29. The third kappa shape index (κ3) is 3.56. The van der Waals surface area contributed by atoms with Crippen molar-refractivity contribution in [1.82, 2.24) is 0 Å². The molecule has 17 heavy (non-hydrogen) atoms. The molecular weight excluding hydrogens is 216 g/mol. The summed E-state index contributed by atoms with van der Waals surface area (Å²) in [5, 5.41) is 8.87.